The highest BCUT2D eigenvalue weighted by molar-refractivity contribution is 5.40. The van der Waals surface area contributed by atoms with Crippen molar-refractivity contribution in [2.45, 2.75) is 13.0 Å². The molecule has 0 spiro atoms. The van der Waals surface area contributed by atoms with E-state index in [9.17, 15) is 9.50 Å². The van der Waals surface area contributed by atoms with E-state index in [1.54, 1.807) is 13.0 Å². The van der Waals surface area contributed by atoms with Gasteiger partial charge in [-0.05, 0) is 24.6 Å². The number of ether oxygens (including phenoxy) is 1. The highest BCUT2D eigenvalue weighted by Crippen LogP contribution is 2.28. The largest absolute Gasteiger partial charge is 0.496 e. The van der Waals surface area contributed by atoms with Crippen LogP contribution in [0.5, 0.6) is 5.75 Å². The summed E-state index contributed by atoms with van der Waals surface area (Å²) in [7, 11) is 1.48. The minimum Gasteiger partial charge on any atom is -0.496 e. The number of methoxy groups -OCH3 is 1. The van der Waals surface area contributed by atoms with Gasteiger partial charge in [0, 0.05) is 5.56 Å². The summed E-state index contributed by atoms with van der Waals surface area (Å²) in [5.41, 5.74) is 0.882. The fraction of sp³-hybridized carbons (Fsp3) is 0.273. The first kappa shape index (κ1) is 10.7. The Kier molecular flexibility index (Phi) is 3.25. The van der Waals surface area contributed by atoms with Crippen LogP contribution in [0.4, 0.5) is 4.39 Å². The molecule has 1 atom stereocenters. The van der Waals surface area contributed by atoms with Crippen LogP contribution in [0.15, 0.2) is 24.8 Å². The van der Waals surface area contributed by atoms with E-state index in [0.29, 0.717) is 16.9 Å². The van der Waals surface area contributed by atoms with Gasteiger partial charge in [-0.1, -0.05) is 6.08 Å². The molecule has 0 fully saturated rings. The van der Waals surface area contributed by atoms with Gasteiger partial charge >= 0.3 is 0 Å². The minimum atomic E-state index is -0.903. The Labute approximate surface area is 82.6 Å². The van der Waals surface area contributed by atoms with Gasteiger partial charge in [-0.25, -0.2) is 4.39 Å². The molecule has 1 aromatic rings. The van der Waals surface area contributed by atoms with Gasteiger partial charge in [0.15, 0.2) is 0 Å². The fourth-order valence-corrected chi connectivity index (χ4v) is 1.21. The maximum Gasteiger partial charge on any atom is 0.126 e. The van der Waals surface area contributed by atoms with E-state index < -0.39 is 6.10 Å². The molecule has 0 heterocycles. The van der Waals surface area contributed by atoms with E-state index in [1.165, 1.54) is 19.3 Å². The van der Waals surface area contributed by atoms with Gasteiger partial charge in [0.25, 0.3) is 0 Å². The Balaban J connectivity index is 3.26. The van der Waals surface area contributed by atoms with Crippen molar-refractivity contribution in [1.82, 2.24) is 0 Å². The quantitative estimate of drug-likeness (QED) is 0.752. The Bertz CT molecular complexity index is 347. The van der Waals surface area contributed by atoms with Gasteiger partial charge in [0.05, 0.1) is 7.11 Å². The summed E-state index contributed by atoms with van der Waals surface area (Å²) in [5.74, 6) is 0.109. The van der Waals surface area contributed by atoms with Crippen LogP contribution in [-0.2, 0) is 0 Å². The molecule has 1 aromatic carbocycles. The van der Waals surface area contributed by atoms with Gasteiger partial charge < -0.3 is 9.84 Å². The number of halogens is 1. The summed E-state index contributed by atoms with van der Waals surface area (Å²) in [6.45, 7) is 5.08. The molecule has 1 unspecified atom stereocenters. The number of rotatable bonds is 3. The van der Waals surface area contributed by atoms with Crippen molar-refractivity contribution in [3.05, 3.63) is 41.7 Å². The predicted octanol–water partition coefficient (Wildman–Crippen LogP) is 2.36. The normalized spacial score (nSPS) is 12.3. The zero-order chi connectivity index (χ0) is 10.7. The molecule has 0 saturated heterocycles. The molecular weight excluding hydrogens is 183 g/mol. The zero-order valence-corrected chi connectivity index (χ0v) is 8.25. The number of hydrogen-bond donors (Lipinski definition) is 1. The van der Waals surface area contributed by atoms with E-state index in [-0.39, 0.29) is 5.82 Å². The van der Waals surface area contributed by atoms with E-state index in [0.717, 1.165) is 0 Å². The van der Waals surface area contributed by atoms with Crippen LogP contribution in [0.1, 0.15) is 17.2 Å². The van der Waals surface area contributed by atoms with Gasteiger partial charge in [0.2, 0.25) is 0 Å². The minimum absolute atomic E-state index is 0.360. The lowest BCUT2D eigenvalue weighted by Gasteiger charge is -2.12. The number of benzene rings is 1. The van der Waals surface area contributed by atoms with Crippen molar-refractivity contribution >= 4 is 0 Å². The molecule has 14 heavy (non-hydrogen) atoms. The molecule has 0 bridgehead atoms. The highest BCUT2D eigenvalue weighted by atomic mass is 19.1. The third-order valence-electron chi connectivity index (χ3n) is 2.05. The average molecular weight is 196 g/mol. The van der Waals surface area contributed by atoms with E-state index in [1.807, 2.05) is 0 Å². The second kappa shape index (κ2) is 4.24. The van der Waals surface area contributed by atoms with Crippen LogP contribution < -0.4 is 4.74 Å². The maximum absolute atomic E-state index is 13.2. The molecule has 0 aromatic heterocycles. The van der Waals surface area contributed by atoms with Crippen LogP contribution in [0, 0.1) is 12.7 Å². The maximum atomic E-state index is 13.2. The molecule has 1 rings (SSSR count). The standard InChI is InChI=1S/C11H13FO2/c1-4-10(13)8-6-9(12)7(2)5-11(8)14-3/h4-6,10,13H,1H2,2-3H3. The first-order valence-electron chi connectivity index (χ1n) is 4.24. The summed E-state index contributed by atoms with van der Waals surface area (Å²) in [6.07, 6.45) is 0.423. The van der Waals surface area contributed by atoms with Crippen molar-refractivity contribution in [3.63, 3.8) is 0 Å². The molecule has 3 heteroatoms. The average Bonchev–Trinajstić information content (AvgIpc) is 2.20. The first-order valence-corrected chi connectivity index (χ1v) is 4.24. The summed E-state index contributed by atoms with van der Waals surface area (Å²) in [4.78, 5) is 0. The highest BCUT2D eigenvalue weighted by Gasteiger charge is 2.12. The van der Waals surface area contributed by atoms with Crippen LogP contribution in [0.2, 0.25) is 0 Å². The topological polar surface area (TPSA) is 29.5 Å². The smallest absolute Gasteiger partial charge is 0.126 e. The second-order valence-electron chi connectivity index (χ2n) is 3.02. The zero-order valence-electron chi connectivity index (χ0n) is 8.25. The third kappa shape index (κ3) is 1.93. The Morgan fingerprint density at radius 1 is 1.57 bits per heavy atom. The number of aliphatic hydroxyl groups excluding tert-OH is 1. The Morgan fingerprint density at radius 2 is 2.21 bits per heavy atom. The van der Waals surface area contributed by atoms with E-state index in [4.69, 9.17) is 4.74 Å². The van der Waals surface area contributed by atoms with Gasteiger partial charge in [-0.15, -0.1) is 6.58 Å². The Morgan fingerprint density at radius 3 is 2.71 bits per heavy atom. The molecule has 0 aliphatic rings. The van der Waals surface area contributed by atoms with Crippen molar-refractivity contribution in [2.24, 2.45) is 0 Å². The van der Waals surface area contributed by atoms with Crippen molar-refractivity contribution in [3.8, 4) is 5.75 Å². The molecule has 0 radical (unpaired) electrons. The first-order chi connectivity index (χ1) is 6.60. The predicted molar refractivity (Wildman–Crippen MR) is 52.8 cm³/mol. The molecule has 0 amide bonds. The van der Waals surface area contributed by atoms with Crippen LogP contribution >= 0.6 is 0 Å². The third-order valence-corrected chi connectivity index (χ3v) is 2.05. The molecule has 0 aliphatic carbocycles. The summed E-state index contributed by atoms with van der Waals surface area (Å²) in [5, 5.41) is 9.49. The molecule has 0 saturated carbocycles. The summed E-state index contributed by atoms with van der Waals surface area (Å²) < 4.78 is 18.2. The second-order valence-corrected chi connectivity index (χ2v) is 3.02. The van der Waals surface area contributed by atoms with Gasteiger partial charge in [0.1, 0.15) is 17.7 Å². The van der Waals surface area contributed by atoms with Crippen LogP contribution in [0.25, 0.3) is 0 Å². The summed E-state index contributed by atoms with van der Waals surface area (Å²) in [6, 6.07) is 2.82. The van der Waals surface area contributed by atoms with Crippen molar-refractivity contribution in [2.75, 3.05) is 7.11 Å². The SMILES string of the molecule is C=CC(O)c1cc(F)c(C)cc1OC. The fourth-order valence-electron chi connectivity index (χ4n) is 1.21. The molecule has 76 valence electrons. The van der Waals surface area contributed by atoms with E-state index in [2.05, 4.69) is 6.58 Å². The van der Waals surface area contributed by atoms with Crippen molar-refractivity contribution < 1.29 is 14.2 Å². The van der Waals surface area contributed by atoms with Crippen molar-refractivity contribution in [1.29, 1.82) is 0 Å². The van der Waals surface area contributed by atoms with Gasteiger partial charge in [-0.3, -0.25) is 0 Å². The molecule has 0 aliphatic heterocycles. The number of hydrogen-bond acceptors (Lipinski definition) is 2. The Hall–Kier alpha value is -1.35. The lowest BCUT2D eigenvalue weighted by molar-refractivity contribution is 0.222. The monoisotopic (exact) mass is 196 g/mol. The van der Waals surface area contributed by atoms with E-state index >= 15 is 0 Å². The molecular formula is C11H13FO2. The molecule has 2 nitrogen and oxygen atoms in total. The van der Waals surface area contributed by atoms with Gasteiger partial charge in [-0.2, -0.15) is 0 Å². The van der Waals surface area contributed by atoms with Crippen LogP contribution in [0.3, 0.4) is 0 Å². The van der Waals surface area contributed by atoms with Crippen LogP contribution in [-0.4, -0.2) is 12.2 Å². The number of aliphatic hydroxyl groups is 1. The summed E-state index contributed by atoms with van der Waals surface area (Å²) >= 11 is 0. The molecule has 1 N–H and O–H groups in total. The lowest BCUT2D eigenvalue weighted by Crippen LogP contribution is -1.99. The lowest BCUT2D eigenvalue weighted by atomic mass is 10.1. The number of aryl methyl sites for hydroxylation is 1.